The Morgan fingerprint density at radius 1 is 1.47 bits per heavy atom. The fourth-order valence-corrected chi connectivity index (χ4v) is 2.30. The van der Waals surface area contributed by atoms with Gasteiger partial charge in [0, 0.05) is 32.1 Å². The predicted octanol–water partition coefficient (Wildman–Crippen LogP) is -1.43. The van der Waals surface area contributed by atoms with Gasteiger partial charge in [-0.1, -0.05) is 0 Å². The van der Waals surface area contributed by atoms with E-state index in [2.05, 4.69) is 10.6 Å². The van der Waals surface area contributed by atoms with E-state index in [1.54, 1.807) is 4.90 Å². The third-order valence-electron chi connectivity index (χ3n) is 3.39. The molecule has 2 rings (SSSR count). The van der Waals surface area contributed by atoms with E-state index in [9.17, 15) is 9.59 Å². The van der Waals surface area contributed by atoms with Gasteiger partial charge in [0.25, 0.3) is 0 Å². The summed E-state index contributed by atoms with van der Waals surface area (Å²) in [7, 11) is 1.84. The average molecular weight is 241 g/mol. The molecule has 2 unspecified atom stereocenters. The molecule has 6 nitrogen and oxygen atoms in total. The van der Waals surface area contributed by atoms with E-state index in [0.717, 1.165) is 0 Å². The fourth-order valence-electron chi connectivity index (χ4n) is 2.30. The van der Waals surface area contributed by atoms with Crippen molar-refractivity contribution in [2.45, 2.75) is 12.5 Å². The molecule has 0 aliphatic carbocycles. The summed E-state index contributed by atoms with van der Waals surface area (Å²) >= 11 is 0. The van der Waals surface area contributed by atoms with Crippen LogP contribution < -0.4 is 10.6 Å². The molecule has 0 bridgehead atoms. The van der Waals surface area contributed by atoms with Crippen molar-refractivity contribution in [3.05, 3.63) is 0 Å². The van der Waals surface area contributed by atoms with Gasteiger partial charge in [0.2, 0.25) is 11.8 Å². The summed E-state index contributed by atoms with van der Waals surface area (Å²) in [5, 5.41) is 5.87. The maximum Gasteiger partial charge on any atom is 0.229 e. The molecule has 0 radical (unpaired) electrons. The summed E-state index contributed by atoms with van der Waals surface area (Å²) in [5.74, 6) is -0.000287. The van der Waals surface area contributed by atoms with Crippen molar-refractivity contribution in [2.75, 3.05) is 39.9 Å². The van der Waals surface area contributed by atoms with Crippen molar-refractivity contribution < 1.29 is 14.3 Å². The first-order chi connectivity index (χ1) is 8.22. The minimum atomic E-state index is -0.117. The molecule has 2 N–H and O–H groups in total. The summed E-state index contributed by atoms with van der Waals surface area (Å²) in [6.07, 6.45) is 0.392. The highest BCUT2D eigenvalue weighted by atomic mass is 16.5. The van der Waals surface area contributed by atoms with Gasteiger partial charge in [0.15, 0.2) is 0 Å². The lowest BCUT2D eigenvalue weighted by Crippen LogP contribution is -2.45. The quantitative estimate of drug-likeness (QED) is 0.622. The number of hydrogen-bond donors (Lipinski definition) is 2. The van der Waals surface area contributed by atoms with Crippen LogP contribution in [-0.2, 0) is 14.3 Å². The Morgan fingerprint density at radius 3 is 3.06 bits per heavy atom. The first-order valence-electron chi connectivity index (χ1n) is 6.03. The zero-order chi connectivity index (χ0) is 12.3. The molecule has 0 aromatic rings. The zero-order valence-electron chi connectivity index (χ0n) is 10.1. The highest BCUT2D eigenvalue weighted by Crippen LogP contribution is 2.17. The van der Waals surface area contributed by atoms with Crippen molar-refractivity contribution in [3.8, 4) is 0 Å². The number of carbonyl (C=O) groups is 2. The van der Waals surface area contributed by atoms with E-state index < -0.39 is 0 Å². The molecule has 2 saturated heterocycles. The molecule has 2 heterocycles. The van der Waals surface area contributed by atoms with Crippen LogP contribution in [0.25, 0.3) is 0 Å². The Kier molecular flexibility index (Phi) is 3.96. The Labute approximate surface area is 101 Å². The van der Waals surface area contributed by atoms with E-state index >= 15 is 0 Å². The minimum absolute atomic E-state index is 0.0214. The largest absolute Gasteiger partial charge is 0.379 e. The molecule has 2 fully saturated rings. The Hall–Kier alpha value is -1.14. The van der Waals surface area contributed by atoms with Crippen LogP contribution in [0.3, 0.4) is 0 Å². The fraction of sp³-hybridized carbons (Fsp3) is 0.818. The molecular formula is C11H19N3O3. The van der Waals surface area contributed by atoms with Crippen LogP contribution in [0.4, 0.5) is 0 Å². The molecule has 0 spiro atoms. The standard InChI is InChI=1S/C11H19N3O3/c1-12-9-7-17-6-8(9)11(16)14-4-2-10(15)13-3-5-14/h8-9,12H,2-7H2,1H3,(H,13,15). The number of nitrogens with zero attached hydrogens (tertiary/aromatic N) is 1. The van der Waals surface area contributed by atoms with E-state index in [4.69, 9.17) is 4.74 Å². The van der Waals surface area contributed by atoms with Crippen LogP contribution in [0, 0.1) is 5.92 Å². The Balaban J connectivity index is 1.96. The number of nitrogens with one attached hydrogen (secondary N) is 2. The molecule has 96 valence electrons. The topological polar surface area (TPSA) is 70.7 Å². The molecule has 2 aliphatic heterocycles. The van der Waals surface area contributed by atoms with Gasteiger partial charge in [0.1, 0.15) is 0 Å². The Morgan fingerprint density at radius 2 is 2.29 bits per heavy atom. The second-order valence-corrected chi connectivity index (χ2v) is 4.46. The molecule has 2 atom stereocenters. The Bertz CT molecular complexity index is 308. The summed E-state index contributed by atoms with van der Waals surface area (Å²) < 4.78 is 5.33. The summed E-state index contributed by atoms with van der Waals surface area (Å²) in [6.45, 7) is 2.71. The van der Waals surface area contributed by atoms with Crippen LogP contribution in [0.1, 0.15) is 6.42 Å². The molecule has 2 aliphatic rings. The van der Waals surface area contributed by atoms with Gasteiger partial charge in [-0.05, 0) is 7.05 Å². The van der Waals surface area contributed by atoms with Gasteiger partial charge < -0.3 is 20.3 Å². The van der Waals surface area contributed by atoms with Gasteiger partial charge in [-0.25, -0.2) is 0 Å². The van der Waals surface area contributed by atoms with Gasteiger partial charge in [-0.15, -0.1) is 0 Å². The molecule has 0 aromatic carbocycles. The molecule has 2 amide bonds. The maximum absolute atomic E-state index is 12.3. The monoisotopic (exact) mass is 241 g/mol. The normalized spacial score (nSPS) is 29.9. The summed E-state index contributed by atoms with van der Waals surface area (Å²) in [5.41, 5.74) is 0. The third-order valence-corrected chi connectivity index (χ3v) is 3.39. The van der Waals surface area contributed by atoms with Crippen LogP contribution >= 0.6 is 0 Å². The third kappa shape index (κ3) is 2.76. The van der Waals surface area contributed by atoms with E-state index in [1.165, 1.54) is 0 Å². The second-order valence-electron chi connectivity index (χ2n) is 4.46. The smallest absolute Gasteiger partial charge is 0.229 e. The summed E-state index contributed by atoms with van der Waals surface area (Å²) in [4.78, 5) is 25.3. The van der Waals surface area contributed by atoms with E-state index in [0.29, 0.717) is 39.3 Å². The first kappa shape index (κ1) is 12.3. The van der Waals surface area contributed by atoms with Gasteiger partial charge in [-0.3, -0.25) is 9.59 Å². The lowest BCUT2D eigenvalue weighted by atomic mass is 10.0. The van der Waals surface area contributed by atoms with Gasteiger partial charge in [0.05, 0.1) is 19.1 Å². The number of carbonyl (C=O) groups excluding carboxylic acids is 2. The predicted molar refractivity (Wildman–Crippen MR) is 61.4 cm³/mol. The van der Waals surface area contributed by atoms with Gasteiger partial charge in [-0.2, -0.15) is 0 Å². The minimum Gasteiger partial charge on any atom is -0.379 e. The molecule has 0 saturated carbocycles. The van der Waals surface area contributed by atoms with E-state index in [-0.39, 0.29) is 23.8 Å². The lowest BCUT2D eigenvalue weighted by Gasteiger charge is -2.25. The highest BCUT2D eigenvalue weighted by Gasteiger charge is 2.36. The number of amides is 2. The number of rotatable bonds is 2. The molecule has 17 heavy (non-hydrogen) atoms. The first-order valence-corrected chi connectivity index (χ1v) is 6.03. The zero-order valence-corrected chi connectivity index (χ0v) is 10.1. The molecule has 6 heteroatoms. The SMILES string of the molecule is CNC1COCC1C(=O)N1CCNC(=O)CC1. The number of hydrogen-bond acceptors (Lipinski definition) is 4. The van der Waals surface area contributed by atoms with Crippen molar-refractivity contribution in [2.24, 2.45) is 5.92 Å². The number of likely N-dealkylation sites (N-methyl/N-ethyl adjacent to an activating group) is 1. The van der Waals surface area contributed by atoms with Crippen molar-refractivity contribution in [1.29, 1.82) is 0 Å². The highest BCUT2D eigenvalue weighted by molar-refractivity contribution is 5.82. The maximum atomic E-state index is 12.3. The molecule has 0 aromatic heterocycles. The van der Waals surface area contributed by atoms with E-state index in [1.807, 2.05) is 7.05 Å². The average Bonchev–Trinajstić information content (AvgIpc) is 2.70. The van der Waals surface area contributed by atoms with Crippen molar-refractivity contribution in [1.82, 2.24) is 15.5 Å². The molecular weight excluding hydrogens is 222 g/mol. The van der Waals surface area contributed by atoms with Crippen LogP contribution in [0.5, 0.6) is 0 Å². The van der Waals surface area contributed by atoms with Gasteiger partial charge >= 0.3 is 0 Å². The summed E-state index contributed by atoms with van der Waals surface area (Å²) in [6, 6.07) is 0.0920. The lowest BCUT2D eigenvalue weighted by molar-refractivity contribution is -0.135. The van der Waals surface area contributed by atoms with Crippen LogP contribution in [-0.4, -0.2) is 62.7 Å². The second kappa shape index (κ2) is 5.46. The van der Waals surface area contributed by atoms with Crippen LogP contribution in [0.15, 0.2) is 0 Å². The van der Waals surface area contributed by atoms with Crippen LogP contribution in [0.2, 0.25) is 0 Å². The van der Waals surface area contributed by atoms with Crippen molar-refractivity contribution in [3.63, 3.8) is 0 Å². The number of ether oxygens (including phenoxy) is 1. The van der Waals surface area contributed by atoms with Crippen molar-refractivity contribution >= 4 is 11.8 Å².